The van der Waals surface area contributed by atoms with E-state index >= 15 is 0 Å². The zero-order valence-electron chi connectivity index (χ0n) is 41.3. The fourth-order valence-corrected chi connectivity index (χ4v) is 8.56. The molecule has 0 aliphatic heterocycles. The van der Waals surface area contributed by atoms with Crippen LogP contribution in [0.5, 0.6) is 17.2 Å². The molecule has 0 unspecified atom stereocenters. The average molecular weight is 827 g/mol. The minimum Gasteiger partial charge on any atom is -0.507 e. The van der Waals surface area contributed by atoms with Gasteiger partial charge in [-0.25, -0.2) is 14.4 Å². The van der Waals surface area contributed by atoms with Crippen molar-refractivity contribution < 1.29 is 34.1 Å². The maximum Gasteiger partial charge on any atom is 0.349 e. The number of ether oxygens (including phenoxy) is 2. The fourth-order valence-electron chi connectivity index (χ4n) is 8.56. The van der Waals surface area contributed by atoms with Gasteiger partial charge >= 0.3 is 17.9 Å². The number of hydrogen-bond acceptors (Lipinski definition) is 7. The summed E-state index contributed by atoms with van der Waals surface area (Å²) >= 11 is 0. The van der Waals surface area contributed by atoms with E-state index in [1.54, 1.807) is 18.2 Å². The number of rotatable bonds is 8. The van der Waals surface area contributed by atoms with Crippen molar-refractivity contribution in [2.75, 3.05) is 0 Å². The van der Waals surface area contributed by atoms with Gasteiger partial charge in [0.05, 0.1) is 0 Å². The molecule has 3 aromatic carbocycles. The molecular weight excluding hydrogens is 749 g/mol. The number of phenolic OH excluding ortho intramolecular Hbond substituents is 2. The van der Waals surface area contributed by atoms with Gasteiger partial charge < -0.3 is 19.7 Å². The highest BCUT2D eigenvalue weighted by atomic mass is 16.6. The molecular formula is C53H78O7. The first-order valence-corrected chi connectivity index (χ1v) is 21.5. The quantitative estimate of drug-likeness (QED) is 0.132. The monoisotopic (exact) mass is 827 g/mol. The Kier molecular flexibility index (Phi) is 13.6. The number of aromatic hydroxyl groups is 2. The van der Waals surface area contributed by atoms with Crippen molar-refractivity contribution >= 4 is 17.9 Å². The summed E-state index contributed by atoms with van der Waals surface area (Å²) < 4.78 is 12.2. The van der Waals surface area contributed by atoms with Crippen LogP contribution in [0.3, 0.4) is 0 Å². The van der Waals surface area contributed by atoms with Crippen molar-refractivity contribution in [3.63, 3.8) is 0 Å². The Balaban J connectivity index is 2.49. The van der Waals surface area contributed by atoms with Crippen molar-refractivity contribution in [1.29, 1.82) is 0 Å². The molecule has 0 saturated carbocycles. The maximum absolute atomic E-state index is 14.8. The lowest BCUT2D eigenvalue weighted by Gasteiger charge is -2.37. The van der Waals surface area contributed by atoms with Gasteiger partial charge in [0.25, 0.3) is 0 Å². The summed E-state index contributed by atoms with van der Waals surface area (Å²) in [7, 11) is 0. The van der Waals surface area contributed by atoms with Crippen LogP contribution in [0.25, 0.3) is 0 Å². The summed E-state index contributed by atoms with van der Waals surface area (Å²) in [5.74, 6) is -3.37. The summed E-state index contributed by atoms with van der Waals surface area (Å²) in [4.78, 5) is 43.8. The second kappa shape index (κ2) is 16.3. The van der Waals surface area contributed by atoms with E-state index in [0.29, 0.717) is 23.1 Å². The highest BCUT2D eigenvalue weighted by Crippen LogP contribution is 2.47. The van der Waals surface area contributed by atoms with Crippen molar-refractivity contribution in [3.8, 4) is 17.2 Å². The predicted octanol–water partition coefficient (Wildman–Crippen LogP) is 13.9. The molecule has 3 rings (SSSR count). The molecule has 0 spiro atoms. The molecule has 3 aromatic rings. The number of carbonyl (C=O) groups is 3. The molecule has 0 saturated heterocycles. The number of benzene rings is 3. The summed E-state index contributed by atoms with van der Waals surface area (Å²) in [6, 6.07) is 10.8. The van der Waals surface area contributed by atoms with Crippen LogP contribution in [-0.4, -0.2) is 28.1 Å². The van der Waals surface area contributed by atoms with Gasteiger partial charge in [-0.3, -0.25) is 0 Å². The molecule has 60 heavy (non-hydrogen) atoms. The van der Waals surface area contributed by atoms with Gasteiger partial charge in [-0.1, -0.05) is 171 Å². The first-order valence-electron chi connectivity index (χ1n) is 21.5. The van der Waals surface area contributed by atoms with Gasteiger partial charge in [0.15, 0.2) is 0 Å². The lowest BCUT2D eigenvalue weighted by atomic mass is 9.68. The summed E-state index contributed by atoms with van der Waals surface area (Å²) in [6.45, 7) is 45.2. The van der Waals surface area contributed by atoms with E-state index in [1.165, 1.54) is 0 Å². The number of phenols is 2. The smallest absolute Gasteiger partial charge is 0.349 e. The van der Waals surface area contributed by atoms with Crippen LogP contribution < -0.4 is 4.74 Å². The highest BCUT2D eigenvalue weighted by Gasteiger charge is 2.39. The van der Waals surface area contributed by atoms with E-state index in [9.17, 15) is 24.6 Å². The minimum absolute atomic E-state index is 0.0295. The van der Waals surface area contributed by atoms with Gasteiger partial charge in [-0.2, -0.15) is 0 Å². The average Bonchev–Trinajstić information content (AvgIpc) is 3.00. The van der Waals surface area contributed by atoms with E-state index in [0.717, 1.165) is 23.1 Å². The molecule has 7 nitrogen and oxygen atoms in total. The van der Waals surface area contributed by atoms with Gasteiger partial charge in [-0.05, 0) is 91.1 Å². The summed E-state index contributed by atoms with van der Waals surface area (Å²) in [5, 5.41) is 23.3. The summed E-state index contributed by atoms with van der Waals surface area (Å²) in [5.41, 5.74) is 0.685. The van der Waals surface area contributed by atoms with Crippen LogP contribution >= 0.6 is 0 Å². The van der Waals surface area contributed by atoms with Crippen molar-refractivity contribution in [2.45, 2.75) is 198 Å². The predicted molar refractivity (Wildman–Crippen MR) is 246 cm³/mol. The molecule has 0 aromatic heterocycles. The van der Waals surface area contributed by atoms with Gasteiger partial charge in [0.2, 0.25) is 0 Å². The Morgan fingerprint density at radius 3 is 1.12 bits per heavy atom. The zero-order chi connectivity index (χ0) is 46.7. The van der Waals surface area contributed by atoms with Crippen LogP contribution in [0, 0.1) is 10.8 Å². The minimum atomic E-state index is -1.02. The Bertz CT molecular complexity index is 2120. The standard InChI is InChI=1S/C53H78O7/c1-46(2,3)29-52(19,20)33-25-36(45(58)60-44(57)35-24-32(49(10,11)12)27-38(41(35)55)51(16,17)18)42(39(28-33)53(21,22)30-47(4,5)6)59-43(56)34-23-31(48(7,8)9)26-37(40(34)54)50(13,14)15/h23-28,54-55H,29-30H2,1-22H3. The van der Waals surface area contributed by atoms with Crippen LogP contribution in [0.1, 0.15) is 230 Å². The molecule has 0 amide bonds. The Morgan fingerprint density at radius 2 is 0.750 bits per heavy atom. The van der Waals surface area contributed by atoms with Crippen LogP contribution in [0.15, 0.2) is 36.4 Å². The molecule has 7 heteroatoms. The molecule has 332 valence electrons. The number of hydrogen-bond donors (Lipinski definition) is 2. The SMILES string of the molecule is CC(C)(C)CC(C)(C)c1cc(C(=O)OC(=O)c2cc(C(C)(C)C)cc(C(C)(C)C)c2O)c(OC(=O)c2cc(C(C)(C)C)cc(C(C)(C)C)c2O)c(C(C)(C)CC(C)(C)C)c1. The lowest BCUT2D eigenvalue weighted by molar-refractivity contribution is 0.0393. The third-order valence-electron chi connectivity index (χ3n) is 11.2. The van der Waals surface area contributed by atoms with Crippen molar-refractivity contribution in [3.05, 3.63) is 86.5 Å². The fraction of sp³-hybridized carbons (Fsp3) is 0.604. The summed E-state index contributed by atoms with van der Waals surface area (Å²) in [6.07, 6.45) is 1.39. The third kappa shape index (κ3) is 12.0. The van der Waals surface area contributed by atoms with Gasteiger partial charge in [0.1, 0.15) is 33.9 Å². The molecule has 2 N–H and O–H groups in total. The molecule has 0 atom stereocenters. The number of carbonyl (C=O) groups excluding carboxylic acids is 3. The first kappa shape index (κ1) is 50.2. The Labute approximate surface area is 363 Å². The van der Waals surface area contributed by atoms with Crippen molar-refractivity contribution in [2.24, 2.45) is 10.8 Å². The second-order valence-electron chi connectivity index (χ2n) is 25.0. The van der Waals surface area contributed by atoms with E-state index < -0.39 is 45.0 Å². The molecule has 0 heterocycles. The Hall–Kier alpha value is -4.13. The molecule has 0 aliphatic rings. The van der Waals surface area contributed by atoms with Crippen LogP contribution in [-0.2, 0) is 37.2 Å². The second-order valence-corrected chi connectivity index (χ2v) is 25.0. The van der Waals surface area contributed by atoms with E-state index in [-0.39, 0.29) is 50.2 Å². The third-order valence-corrected chi connectivity index (χ3v) is 11.2. The van der Waals surface area contributed by atoms with Crippen molar-refractivity contribution in [1.82, 2.24) is 0 Å². The molecule has 0 aliphatic carbocycles. The molecule has 0 radical (unpaired) electrons. The lowest BCUT2D eigenvalue weighted by Crippen LogP contribution is -2.30. The highest BCUT2D eigenvalue weighted by molar-refractivity contribution is 6.06. The van der Waals surface area contributed by atoms with E-state index in [2.05, 4.69) is 69.2 Å². The van der Waals surface area contributed by atoms with Crippen LogP contribution in [0.2, 0.25) is 0 Å². The normalized spacial score (nSPS) is 13.6. The molecule has 0 fully saturated rings. The Morgan fingerprint density at radius 1 is 0.417 bits per heavy atom. The maximum atomic E-state index is 14.8. The zero-order valence-corrected chi connectivity index (χ0v) is 41.3. The topological polar surface area (TPSA) is 110 Å². The largest absolute Gasteiger partial charge is 0.507 e. The number of esters is 3. The van der Waals surface area contributed by atoms with Gasteiger partial charge in [-0.15, -0.1) is 0 Å². The molecule has 0 bridgehead atoms. The van der Waals surface area contributed by atoms with Gasteiger partial charge in [0, 0.05) is 16.7 Å². The van der Waals surface area contributed by atoms with E-state index in [4.69, 9.17) is 9.47 Å². The first-order chi connectivity index (χ1) is 26.6. The van der Waals surface area contributed by atoms with Crippen LogP contribution in [0.4, 0.5) is 0 Å². The van der Waals surface area contributed by atoms with E-state index in [1.807, 2.05) is 101 Å².